The third-order valence-electron chi connectivity index (χ3n) is 3.49. The van der Waals surface area contributed by atoms with E-state index in [1.807, 2.05) is 30.6 Å². The monoisotopic (exact) mass is 299 g/mol. The molecule has 0 saturated carbocycles. The number of nitrogens with one attached hydrogen (secondary N) is 1. The fourth-order valence-corrected chi connectivity index (χ4v) is 2.48. The van der Waals surface area contributed by atoms with Crippen molar-refractivity contribution in [2.24, 2.45) is 5.41 Å². The van der Waals surface area contributed by atoms with Crippen molar-refractivity contribution in [2.75, 3.05) is 7.11 Å². The van der Waals surface area contributed by atoms with E-state index in [0.29, 0.717) is 12.4 Å². The first kappa shape index (κ1) is 16.4. The highest BCUT2D eigenvalue weighted by molar-refractivity contribution is 5.25. The van der Waals surface area contributed by atoms with Gasteiger partial charge in [0.15, 0.2) is 0 Å². The average molecular weight is 299 g/mol. The molecule has 0 aliphatic rings. The number of hydrogen-bond acceptors (Lipinski definition) is 4. The molecule has 4 nitrogen and oxygen atoms in total. The molecule has 0 amide bonds. The molecular weight excluding hydrogens is 274 g/mol. The SMILES string of the molecule is COc1ncccc1CNC(CC(C)(C)C)c1cccnc1. The van der Waals surface area contributed by atoms with Crippen LogP contribution in [0, 0.1) is 5.41 Å². The molecule has 0 spiro atoms. The van der Waals surface area contributed by atoms with E-state index in [0.717, 1.165) is 12.0 Å². The second-order valence-electron chi connectivity index (χ2n) is 6.66. The second-order valence-corrected chi connectivity index (χ2v) is 6.66. The molecule has 2 heterocycles. The number of pyridine rings is 2. The van der Waals surface area contributed by atoms with Crippen LogP contribution in [0.15, 0.2) is 42.9 Å². The quantitative estimate of drug-likeness (QED) is 0.882. The van der Waals surface area contributed by atoms with Gasteiger partial charge in [-0.3, -0.25) is 4.98 Å². The van der Waals surface area contributed by atoms with Gasteiger partial charge < -0.3 is 10.1 Å². The van der Waals surface area contributed by atoms with Crippen molar-refractivity contribution in [3.63, 3.8) is 0 Å². The highest BCUT2D eigenvalue weighted by Gasteiger charge is 2.20. The maximum Gasteiger partial charge on any atom is 0.217 e. The molecule has 0 saturated heterocycles. The maximum atomic E-state index is 5.32. The summed E-state index contributed by atoms with van der Waals surface area (Å²) in [6, 6.07) is 8.32. The van der Waals surface area contributed by atoms with Gasteiger partial charge in [-0.15, -0.1) is 0 Å². The van der Waals surface area contributed by atoms with Crippen LogP contribution in [0.4, 0.5) is 0 Å². The van der Waals surface area contributed by atoms with E-state index in [1.165, 1.54) is 5.56 Å². The minimum Gasteiger partial charge on any atom is -0.481 e. The summed E-state index contributed by atoms with van der Waals surface area (Å²) >= 11 is 0. The predicted octanol–water partition coefficient (Wildman–Crippen LogP) is 3.75. The van der Waals surface area contributed by atoms with Gasteiger partial charge >= 0.3 is 0 Å². The zero-order valence-corrected chi connectivity index (χ0v) is 13.8. The van der Waals surface area contributed by atoms with Gasteiger partial charge in [-0.1, -0.05) is 32.9 Å². The minimum absolute atomic E-state index is 0.229. The summed E-state index contributed by atoms with van der Waals surface area (Å²) in [4.78, 5) is 8.50. The molecule has 1 N–H and O–H groups in total. The Kier molecular flexibility index (Phi) is 5.50. The molecule has 0 aromatic carbocycles. The second kappa shape index (κ2) is 7.36. The lowest BCUT2D eigenvalue weighted by Gasteiger charge is -2.27. The van der Waals surface area contributed by atoms with Crippen molar-refractivity contribution in [2.45, 2.75) is 39.8 Å². The van der Waals surface area contributed by atoms with Crippen LogP contribution in [-0.4, -0.2) is 17.1 Å². The first-order valence-corrected chi connectivity index (χ1v) is 7.61. The summed E-state index contributed by atoms with van der Waals surface area (Å²) in [5, 5.41) is 3.62. The predicted molar refractivity (Wildman–Crippen MR) is 88.7 cm³/mol. The number of aromatic nitrogens is 2. The van der Waals surface area contributed by atoms with Crippen LogP contribution in [0.5, 0.6) is 5.88 Å². The van der Waals surface area contributed by atoms with Crippen LogP contribution < -0.4 is 10.1 Å². The molecule has 0 aliphatic heterocycles. The third kappa shape index (κ3) is 4.81. The van der Waals surface area contributed by atoms with E-state index in [9.17, 15) is 0 Å². The number of methoxy groups -OCH3 is 1. The molecule has 1 atom stereocenters. The molecule has 22 heavy (non-hydrogen) atoms. The summed E-state index contributed by atoms with van der Waals surface area (Å²) in [5.41, 5.74) is 2.50. The van der Waals surface area contributed by atoms with Crippen molar-refractivity contribution >= 4 is 0 Å². The van der Waals surface area contributed by atoms with Gasteiger partial charge in [0.05, 0.1) is 7.11 Å². The first-order chi connectivity index (χ1) is 10.5. The topological polar surface area (TPSA) is 47.0 Å². The summed E-state index contributed by atoms with van der Waals surface area (Å²) < 4.78 is 5.32. The molecular formula is C18H25N3O. The van der Waals surface area contributed by atoms with Gasteiger partial charge in [0.25, 0.3) is 0 Å². The van der Waals surface area contributed by atoms with Crippen LogP contribution in [0.25, 0.3) is 0 Å². The molecule has 0 bridgehead atoms. The van der Waals surface area contributed by atoms with Crippen LogP contribution in [0.1, 0.15) is 44.4 Å². The van der Waals surface area contributed by atoms with Crippen molar-refractivity contribution < 1.29 is 4.74 Å². The maximum absolute atomic E-state index is 5.32. The average Bonchev–Trinajstić information content (AvgIpc) is 2.51. The number of nitrogens with zero attached hydrogens (tertiary/aromatic N) is 2. The Hall–Kier alpha value is -1.94. The van der Waals surface area contributed by atoms with Crippen molar-refractivity contribution in [3.8, 4) is 5.88 Å². The van der Waals surface area contributed by atoms with E-state index < -0.39 is 0 Å². The molecule has 0 radical (unpaired) electrons. The normalized spacial score (nSPS) is 12.9. The number of ether oxygens (including phenoxy) is 1. The van der Waals surface area contributed by atoms with Crippen LogP contribution in [-0.2, 0) is 6.54 Å². The zero-order chi connectivity index (χ0) is 16.0. The van der Waals surface area contributed by atoms with E-state index in [1.54, 1.807) is 13.3 Å². The minimum atomic E-state index is 0.229. The molecule has 0 fully saturated rings. The molecule has 2 aromatic rings. The Morgan fingerprint density at radius 2 is 1.95 bits per heavy atom. The Balaban J connectivity index is 2.13. The van der Waals surface area contributed by atoms with Crippen LogP contribution in [0.3, 0.4) is 0 Å². The lowest BCUT2D eigenvalue weighted by molar-refractivity contribution is 0.308. The van der Waals surface area contributed by atoms with Gasteiger partial charge in [0.1, 0.15) is 0 Å². The van der Waals surface area contributed by atoms with Crippen LogP contribution >= 0.6 is 0 Å². The standard InChI is InChI=1S/C18H25N3O/c1-18(2,3)11-16(14-7-5-9-19-12-14)21-13-15-8-6-10-20-17(15)22-4/h5-10,12,16,21H,11,13H2,1-4H3. The fraction of sp³-hybridized carbons (Fsp3) is 0.444. The molecule has 2 aromatic heterocycles. The summed E-state index contributed by atoms with van der Waals surface area (Å²) in [5.74, 6) is 0.677. The molecule has 1 unspecified atom stereocenters. The highest BCUT2D eigenvalue weighted by atomic mass is 16.5. The Labute approximate surface area is 133 Å². The third-order valence-corrected chi connectivity index (χ3v) is 3.49. The van der Waals surface area contributed by atoms with Gasteiger partial charge in [0.2, 0.25) is 5.88 Å². The summed E-state index contributed by atoms with van der Waals surface area (Å²) in [6.45, 7) is 7.47. The van der Waals surface area contributed by atoms with Crippen molar-refractivity contribution in [1.29, 1.82) is 0 Å². The smallest absolute Gasteiger partial charge is 0.217 e. The highest BCUT2D eigenvalue weighted by Crippen LogP contribution is 2.29. The lowest BCUT2D eigenvalue weighted by atomic mass is 9.86. The van der Waals surface area contributed by atoms with Gasteiger partial charge in [-0.2, -0.15) is 0 Å². The zero-order valence-electron chi connectivity index (χ0n) is 13.8. The van der Waals surface area contributed by atoms with Gasteiger partial charge in [-0.05, 0) is 29.5 Å². The van der Waals surface area contributed by atoms with Gasteiger partial charge in [0, 0.05) is 36.7 Å². The molecule has 118 valence electrons. The van der Waals surface area contributed by atoms with E-state index in [2.05, 4.69) is 42.1 Å². The number of hydrogen-bond donors (Lipinski definition) is 1. The van der Waals surface area contributed by atoms with E-state index in [-0.39, 0.29) is 11.5 Å². The Morgan fingerprint density at radius 1 is 1.18 bits per heavy atom. The molecule has 4 heteroatoms. The van der Waals surface area contributed by atoms with Crippen molar-refractivity contribution in [3.05, 3.63) is 54.0 Å². The van der Waals surface area contributed by atoms with E-state index >= 15 is 0 Å². The first-order valence-electron chi connectivity index (χ1n) is 7.61. The summed E-state index contributed by atoms with van der Waals surface area (Å²) in [6.07, 6.45) is 6.52. The van der Waals surface area contributed by atoms with Gasteiger partial charge in [-0.25, -0.2) is 4.98 Å². The summed E-state index contributed by atoms with van der Waals surface area (Å²) in [7, 11) is 1.65. The largest absolute Gasteiger partial charge is 0.481 e. The van der Waals surface area contributed by atoms with E-state index in [4.69, 9.17) is 4.74 Å². The lowest BCUT2D eigenvalue weighted by Crippen LogP contribution is -2.26. The Morgan fingerprint density at radius 3 is 2.59 bits per heavy atom. The fourth-order valence-electron chi connectivity index (χ4n) is 2.48. The van der Waals surface area contributed by atoms with Crippen molar-refractivity contribution in [1.82, 2.24) is 15.3 Å². The number of rotatable bonds is 6. The molecule has 2 rings (SSSR count). The Bertz CT molecular complexity index is 578. The van der Waals surface area contributed by atoms with Crippen LogP contribution in [0.2, 0.25) is 0 Å². The molecule has 0 aliphatic carbocycles.